The molecule has 5 heteroatoms. The van der Waals surface area contributed by atoms with Gasteiger partial charge in [-0.1, -0.05) is 19.8 Å². The van der Waals surface area contributed by atoms with Gasteiger partial charge in [-0.15, -0.1) is 0 Å². The van der Waals surface area contributed by atoms with E-state index in [1.807, 2.05) is 20.8 Å². The van der Waals surface area contributed by atoms with Gasteiger partial charge in [-0.25, -0.2) is 4.79 Å². The summed E-state index contributed by atoms with van der Waals surface area (Å²) >= 11 is 0. The number of piperidine rings is 1. The molecule has 1 atom stereocenters. The van der Waals surface area contributed by atoms with Crippen molar-refractivity contribution in [2.24, 2.45) is 5.92 Å². The molecule has 0 aliphatic carbocycles. The average molecular weight is 298 g/mol. The lowest BCUT2D eigenvalue weighted by atomic mass is 9.97. The third-order valence-electron chi connectivity index (χ3n) is 3.52. The predicted octanol–water partition coefficient (Wildman–Crippen LogP) is 2.94. The molecule has 1 aliphatic heterocycles. The lowest BCUT2D eigenvalue weighted by Gasteiger charge is -2.33. The van der Waals surface area contributed by atoms with Crippen molar-refractivity contribution >= 4 is 12.0 Å². The van der Waals surface area contributed by atoms with E-state index in [1.165, 1.54) is 0 Å². The number of carbonyl (C=O) groups excluding carboxylic acids is 2. The van der Waals surface area contributed by atoms with Gasteiger partial charge in [0.1, 0.15) is 5.60 Å². The largest absolute Gasteiger partial charge is 0.444 e. The van der Waals surface area contributed by atoms with Gasteiger partial charge < -0.3 is 15.0 Å². The van der Waals surface area contributed by atoms with E-state index in [0.717, 1.165) is 38.6 Å². The number of likely N-dealkylation sites (tertiary alicyclic amines) is 1. The molecule has 122 valence electrons. The minimum Gasteiger partial charge on any atom is -0.444 e. The van der Waals surface area contributed by atoms with Gasteiger partial charge in [-0.3, -0.25) is 4.79 Å². The van der Waals surface area contributed by atoms with Gasteiger partial charge in [0.05, 0.1) is 5.92 Å². The zero-order valence-electron chi connectivity index (χ0n) is 13.9. The first kappa shape index (κ1) is 17.8. The molecule has 1 heterocycles. The number of amides is 2. The maximum atomic E-state index is 12.1. The van der Waals surface area contributed by atoms with Crippen molar-refractivity contribution in [3.05, 3.63) is 0 Å². The maximum absolute atomic E-state index is 12.1. The summed E-state index contributed by atoms with van der Waals surface area (Å²) in [7, 11) is 0. The number of nitrogens with zero attached hydrogens (tertiary/aromatic N) is 1. The highest BCUT2D eigenvalue weighted by Crippen LogP contribution is 2.19. The van der Waals surface area contributed by atoms with Crippen LogP contribution in [0.4, 0.5) is 4.79 Å². The van der Waals surface area contributed by atoms with Crippen LogP contribution in [-0.4, -0.2) is 42.1 Å². The van der Waals surface area contributed by atoms with Crippen LogP contribution in [0.1, 0.15) is 59.8 Å². The molecule has 1 rings (SSSR count). The van der Waals surface area contributed by atoms with Crippen molar-refractivity contribution in [1.29, 1.82) is 0 Å². The van der Waals surface area contributed by atoms with Crippen LogP contribution in [0.15, 0.2) is 0 Å². The molecule has 0 aromatic carbocycles. The lowest BCUT2D eigenvalue weighted by molar-refractivity contribution is -0.126. The first-order valence-corrected chi connectivity index (χ1v) is 8.09. The van der Waals surface area contributed by atoms with Gasteiger partial charge in [0.15, 0.2) is 0 Å². The van der Waals surface area contributed by atoms with Crippen LogP contribution in [0.2, 0.25) is 0 Å². The summed E-state index contributed by atoms with van der Waals surface area (Å²) in [6, 6.07) is 0. The van der Waals surface area contributed by atoms with Crippen molar-refractivity contribution in [3.63, 3.8) is 0 Å². The fourth-order valence-corrected chi connectivity index (χ4v) is 2.41. The highest BCUT2D eigenvalue weighted by atomic mass is 16.6. The molecule has 1 unspecified atom stereocenters. The molecule has 1 saturated heterocycles. The van der Waals surface area contributed by atoms with Crippen molar-refractivity contribution in [1.82, 2.24) is 10.2 Å². The van der Waals surface area contributed by atoms with Crippen molar-refractivity contribution < 1.29 is 14.3 Å². The van der Waals surface area contributed by atoms with E-state index in [1.54, 1.807) is 4.90 Å². The Hall–Kier alpha value is -1.26. The van der Waals surface area contributed by atoms with Crippen molar-refractivity contribution in [2.45, 2.75) is 65.4 Å². The smallest absolute Gasteiger partial charge is 0.410 e. The van der Waals surface area contributed by atoms with Crippen molar-refractivity contribution in [3.8, 4) is 0 Å². The zero-order chi connectivity index (χ0) is 15.9. The predicted molar refractivity (Wildman–Crippen MR) is 83.1 cm³/mol. The van der Waals surface area contributed by atoms with Crippen LogP contribution in [0.25, 0.3) is 0 Å². The Morgan fingerprint density at radius 1 is 1.29 bits per heavy atom. The summed E-state index contributed by atoms with van der Waals surface area (Å²) in [5, 5.41) is 2.98. The second-order valence-corrected chi connectivity index (χ2v) is 6.76. The Labute approximate surface area is 128 Å². The number of carbonyl (C=O) groups is 2. The summed E-state index contributed by atoms with van der Waals surface area (Å²) in [6.07, 6.45) is 4.68. The minimum absolute atomic E-state index is 0.0689. The van der Waals surface area contributed by atoms with Crippen LogP contribution >= 0.6 is 0 Å². The van der Waals surface area contributed by atoms with Crippen molar-refractivity contribution in [2.75, 3.05) is 19.6 Å². The third-order valence-corrected chi connectivity index (χ3v) is 3.52. The van der Waals surface area contributed by atoms with Gasteiger partial charge in [0, 0.05) is 19.6 Å². The molecule has 0 radical (unpaired) electrons. The van der Waals surface area contributed by atoms with Crippen LogP contribution in [-0.2, 0) is 9.53 Å². The summed E-state index contributed by atoms with van der Waals surface area (Å²) in [5.74, 6) is -0.0349. The second kappa shape index (κ2) is 8.25. The average Bonchev–Trinajstić information content (AvgIpc) is 2.41. The zero-order valence-corrected chi connectivity index (χ0v) is 13.9. The molecule has 1 fully saturated rings. The summed E-state index contributed by atoms with van der Waals surface area (Å²) in [5.41, 5.74) is -0.494. The monoisotopic (exact) mass is 298 g/mol. The molecule has 0 aromatic heterocycles. The van der Waals surface area contributed by atoms with E-state index in [9.17, 15) is 9.59 Å². The first-order valence-electron chi connectivity index (χ1n) is 8.09. The number of hydrogen-bond donors (Lipinski definition) is 1. The number of ether oxygens (including phenoxy) is 1. The molecular formula is C16H30N2O3. The second-order valence-electron chi connectivity index (χ2n) is 6.76. The van der Waals surface area contributed by atoms with Gasteiger partial charge in [0.25, 0.3) is 0 Å². The molecule has 1 N–H and O–H groups in total. The number of rotatable bonds is 5. The van der Waals surface area contributed by atoms with Crippen LogP contribution < -0.4 is 5.32 Å². The number of nitrogens with one attached hydrogen (secondary N) is 1. The molecule has 5 nitrogen and oxygen atoms in total. The Bertz CT molecular complexity index is 350. The van der Waals surface area contributed by atoms with Gasteiger partial charge in [-0.2, -0.15) is 0 Å². The van der Waals surface area contributed by atoms with Gasteiger partial charge in [0.2, 0.25) is 5.91 Å². The summed E-state index contributed by atoms with van der Waals surface area (Å²) in [4.78, 5) is 25.8. The Kier molecular flexibility index (Phi) is 6.99. The highest BCUT2D eigenvalue weighted by molar-refractivity contribution is 5.80. The van der Waals surface area contributed by atoms with E-state index in [0.29, 0.717) is 13.1 Å². The number of unbranched alkanes of at least 4 members (excludes halogenated alkanes) is 2. The lowest BCUT2D eigenvalue weighted by Crippen LogP contribution is -2.47. The molecule has 0 aromatic rings. The van der Waals surface area contributed by atoms with E-state index >= 15 is 0 Å². The summed E-state index contributed by atoms with van der Waals surface area (Å²) in [6.45, 7) is 9.58. The summed E-state index contributed by atoms with van der Waals surface area (Å²) < 4.78 is 5.37. The van der Waals surface area contributed by atoms with E-state index < -0.39 is 5.60 Å². The van der Waals surface area contributed by atoms with Crippen LogP contribution in [0.5, 0.6) is 0 Å². The van der Waals surface area contributed by atoms with Crippen LogP contribution in [0, 0.1) is 5.92 Å². The molecule has 0 bridgehead atoms. The van der Waals surface area contributed by atoms with Gasteiger partial charge in [-0.05, 0) is 40.0 Å². The standard InChI is InChI=1S/C16H30N2O3/c1-5-6-7-10-17-14(19)13-9-8-11-18(12-13)15(20)21-16(2,3)4/h13H,5-12H2,1-4H3,(H,17,19). The SMILES string of the molecule is CCCCCNC(=O)C1CCCN(C(=O)OC(C)(C)C)C1. The Morgan fingerprint density at radius 3 is 2.62 bits per heavy atom. The molecule has 0 spiro atoms. The topological polar surface area (TPSA) is 58.6 Å². The number of hydrogen-bond acceptors (Lipinski definition) is 3. The fraction of sp³-hybridized carbons (Fsp3) is 0.875. The normalized spacial score (nSPS) is 19.2. The van der Waals surface area contributed by atoms with E-state index in [2.05, 4.69) is 12.2 Å². The molecule has 21 heavy (non-hydrogen) atoms. The Balaban J connectivity index is 2.40. The van der Waals surface area contributed by atoms with E-state index in [4.69, 9.17) is 4.74 Å². The fourth-order valence-electron chi connectivity index (χ4n) is 2.41. The first-order chi connectivity index (χ1) is 9.83. The highest BCUT2D eigenvalue weighted by Gasteiger charge is 2.30. The third kappa shape index (κ3) is 6.82. The minimum atomic E-state index is -0.494. The van der Waals surface area contributed by atoms with E-state index in [-0.39, 0.29) is 17.9 Å². The maximum Gasteiger partial charge on any atom is 0.410 e. The molecule has 2 amide bonds. The van der Waals surface area contributed by atoms with Crippen LogP contribution in [0.3, 0.4) is 0 Å². The quantitative estimate of drug-likeness (QED) is 0.794. The molecular weight excluding hydrogens is 268 g/mol. The molecule has 0 saturated carbocycles. The van der Waals surface area contributed by atoms with Gasteiger partial charge >= 0.3 is 6.09 Å². The molecule has 1 aliphatic rings. The Morgan fingerprint density at radius 2 is 2.00 bits per heavy atom.